The predicted octanol–water partition coefficient (Wildman–Crippen LogP) is 3.08. The van der Waals surface area contributed by atoms with Crippen molar-refractivity contribution in [2.45, 2.75) is 13.1 Å². The number of benzene rings is 2. The second kappa shape index (κ2) is 9.80. The van der Waals surface area contributed by atoms with Gasteiger partial charge in [0.1, 0.15) is 17.2 Å². The van der Waals surface area contributed by atoms with Gasteiger partial charge in [-0.25, -0.2) is 0 Å². The molecule has 0 aliphatic carbocycles. The van der Waals surface area contributed by atoms with E-state index in [4.69, 9.17) is 18.6 Å². The standard InChI is InChI=1S/C23H28N4O4/c1-28-19-6-4-17(5-7-19)23-25-24-22(31-23)16-27-12-10-26(11-13-27)15-18-14-20(29-2)8-9-21(18)30-3/h4-9,14H,10-13,15-16H2,1-3H3. The largest absolute Gasteiger partial charge is 0.497 e. The molecule has 8 nitrogen and oxygen atoms in total. The maximum Gasteiger partial charge on any atom is 0.247 e. The molecule has 164 valence electrons. The average molecular weight is 425 g/mol. The van der Waals surface area contributed by atoms with Crippen LogP contribution in [0, 0.1) is 0 Å². The molecule has 4 rings (SSSR count). The minimum Gasteiger partial charge on any atom is -0.497 e. The van der Waals surface area contributed by atoms with Gasteiger partial charge in [-0.1, -0.05) is 0 Å². The van der Waals surface area contributed by atoms with E-state index in [1.807, 2.05) is 42.5 Å². The van der Waals surface area contributed by atoms with Crippen LogP contribution in [0.15, 0.2) is 46.9 Å². The van der Waals surface area contributed by atoms with Crippen LogP contribution in [0.4, 0.5) is 0 Å². The number of piperazine rings is 1. The summed E-state index contributed by atoms with van der Waals surface area (Å²) in [6, 6.07) is 13.5. The molecule has 1 aliphatic heterocycles. The molecule has 3 aromatic rings. The second-order valence-electron chi connectivity index (χ2n) is 7.46. The summed E-state index contributed by atoms with van der Waals surface area (Å²) in [5.41, 5.74) is 2.02. The van der Waals surface area contributed by atoms with Crippen molar-refractivity contribution in [2.75, 3.05) is 47.5 Å². The summed E-state index contributed by atoms with van der Waals surface area (Å²) in [7, 11) is 5.03. The van der Waals surface area contributed by atoms with Crippen molar-refractivity contribution in [2.24, 2.45) is 0 Å². The van der Waals surface area contributed by atoms with E-state index in [9.17, 15) is 0 Å². The fourth-order valence-electron chi connectivity index (χ4n) is 3.71. The van der Waals surface area contributed by atoms with Crippen molar-refractivity contribution in [3.63, 3.8) is 0 Å². The van der Waals surface area contributed by atoms with Crippen molar-refractivity contribution in [1.29, 1.82) is 0 Å². The lowest BCUT2D eigenvalue weighted by Crippen LogP contribution is -2.45. The topological polar surface area (TPSA) is 73.1 Å². The molecular formula is C23H28N4O4. The van der Waals surface area contributed by atoms with E-state index >= 15 is 0 Å². The first-order valence-corrected chi connectivity index (χ1v) is 10.3. The molecule has 0 N–H and O–H groups in total. The Hall–Kier alpha value is -3.10. The molecule has 0 unspecified atom stereocenters. The van der Waals surface area contributed by atoms with Gasteiger partial charge in [-0.15, -0.1) is 10.2 Å². The van der Waals surface area contributed by atoms with Crippen LogP contribution >= 0.6 is 0 Å². The van der Waals surface area contributed by atoms with Gasteiger partial charge >= 0.3 is 0 Å². The Morgan fingerprint density at radius 3 is 2.06 bits per heavy atom. The zero-order chi connectivity index (χ0) is 21.6. The van der Waals surface area contributed by atoms with Crippen molar-refractivity contribution in [3.8, 4) is 28.7 Å². The lowest BCUT2D eigenvalue weighted by atomic mass is 10.1. The summed E-state index contributed by atoms with van der Waals surface area (Å²) < 4.78 is 21.9. The number of aromatic nitrogens is 2. The minimum absolute atomic E-state index is 0.529. The Bertz CT molecular complexity index is 981. The van der Waals surface area contributed by atoms with Gasteiger partial charge in [0.25, 0.3) is 0 Å². The normalized spacial score (nSPS) is 15.1. The first-order valence-electron chi connectivity index (χ1n) is 10.3. The van der Waals surface area contributed by atoms with E-state index in [2.05, 4.69) is 20.0 Å². The third-order valence-corrected chi connectivity index (χ3v) is 5.51. The van der Waals surface area contributed by atoms with E-state index < -0.39 is 0 Å². The summed E-state index contributed by atoms with van der Waals surface area (Å²) in [5, 5.41) is 8.42. The Morgan fingerprint density at radius 1 is 0.774 bits per heavy atom. The van der Waals surface area contributed by atoms with E-state index in [0.717, 1.165) is 61.1 Å². The molecule has 0 bridgehead atoms. The molecule has 2 heterocycles. The Kier molecular flexibility index (Phi) is 6.69. The highest BCUT2D eigenvalue weighted by Gasteiger charge is 2.20. The number of methoxy groups -OCH3 is 3. The van der Waals surface area contributed by atoms with E-state index in [1.54, 1.807) is 21.3 Å². The Labute approximate surface area is 182 Å². The predicted molar refractivity (Wildman–Crippen MR) is 116 cm³/mol. The zero-order valence-electron chi connectivity index (χ0n) is 18.2. The lowest BCUT2D eigenvalue weighted by Gasteiger charge is -2.34. The van der Waals surface area contributed by atoms with Crippen LogP contribution in [-0.2, 0) is 13.1 Å². The molecule has 0 radical (unpaired) electrons. The molecule has 1 saturated heterocycles. The maximum absolute atomic E-state index is 5.88. The van der Waals surface area contributed by atoms with Crippen LogP contribution in [0.5, 0.6) is 17.2 Å². The molecule has 2 aromatic carbocycles. The van der Waals surface area contributed by atoms with Crippen LogP contribution in [0.3, 0.4) is 0 Å². The molecule has 1 aliphatic rings. The van der Waals surface area contributed by atoms with Crippen molar-refractivity contribution in [1.82, 2.24) is 20.0 Å². The first kappa shape index (κ1) is 21.1. The van der Waals surface area contributed by atoms with E-state index in [-0.39, 0.29) is 0 Å². The fourth-order valence-corrected chi connectivity index (χ4v) is 3.71. The van der Waals surface area contributed by atoms with Crippen molar-refractivity contribution >= 4 is 0 Å². The van der Waals surface area contributed by atoms with Gasteiger partial charge in [-0.05, 0) is 42.5 Å². The van der Waals surface area contributed by atoms with Gasteiger partial charge in [-0.2, -0.15) is 0 Å². The molecule has 1 aromatic heterocycles. The van der Waals surface area contributed by atoms with Gasteiger partial charge < -0.3 is 18.6 Å². The average Bonchev–Trinajstić information content (AvgIpc) is 3.29. The SMILES string of the molecule is COc1ccc(-c2nnc(CN3CCN(Cc4cc(OC)ccc4OC)CC3)o2)cc1. The van der Waals surface area contributed by atoms with Crippen LogP contribution in [0.25, 0.3) is 11.5 Å². The number of rotatable bonds is 8. The van der Waals surface area contributed by atoms with E-state index in [0.29, 0.717) is 18.3 Å². The Balaban J connectivity index is 1.31. The van der Waals surface area contributed by atoms with Crippen LogP contribution < -0.4 is 14.2 Å². The smallest absolute Gasteiger partial charge is 0.247 e. The van der Waals surface area contributed by atoms with Crippen LogP contribution in [0.1, 0.15) is 11.5 Å². The summed E-state index contributed by atoms with van der Waals surface area (Å²) >= 11 is 0. The molecule has 0 amide bonds. The maximum atomic E-state index is 5.88. The molecule has 0 saturated carbocycles. The number of nitrogens with zero attached hydrogens (tertiary/aromatic N) is 4. The molecule has 31 heavy (non-hydrogen) atoms. The molecule has 8 heteroatoms. The summed E-state index contributed by atoms with van der Waals surface area (Å²) in [6.45, 7) is 5.27. The third-order valence-electron chi connectivity index (χ3n) is 5.51. The molecular weight excluding hydrogens is 396 g/mol. The summed E-state index contributed by atoms with van der Waals surface area (Å²) in [6.07, 6.45) is 0. The number of hydrogen-bond donors (Lipinski definition) is 0. The van der Waals surface area contributed by atoms with Gasteiger partial charge in [-0.3, -0.25) is 9.80 Å². The summed E-state index contributed by atoms with van der Waals surface area (Å²) in [5.74, 6) is 3.70. The van der Waals surface area contributed by atoms with Gasteiger partial charge in [0.2, 0.25) is 11.8 Å². The number of ether oxygens (including phenoxy) is 3. The van der Waals surface area contributed by atoms with Crippen LogP contribution in [-0.4, -0.2) is 67.5 Å². The lowest BCUT2D eigenvalue weighted by molar-refractivity contribution is 0.114. The van der Waals surface area contributed by atoms with Crippen LogP contribution in [0.2, 0.25) is 0 Å². The van der Waals surface area contributed by atoms with Gasteiger partial charge in [0, 0.05) is 43.9 Å². The highest BCUT2D eigenvalue weighted by Crippen LogP contribution is 2.26. The van der Waals surface area contributed by atoms with Gasteiger partial charge in [0.05, 0.1) is 27.9 Å². The zero-order valence-corrected chi connectivity index (χ0v) is 18.2. The second-order valence-corrected chi connectivity index (χ2v) is 7.46. The monoisotopic (exact) mass is 424 g/mol. The molecule has 0 spiro atoms. The minimum atomic E-state index is 0.529. The third kappa shape index (κ3) is 5.15. The van der Waals surface area contributed by atoms with Crippen molar-refractivity contribution in [3.05, 3.63) is 53.9 Å². The van der Waals surface area contributed by atoms with Crippen molar-refractivity contribution < 1.29 is 18.6 Å². The van der Waals surface area contributed by atoms with E-state index in [1.165, 1.54) is 0 Å². The summed E-state index contributed by atoms with van der Waals surface area (Å²) in [4.78, 5) is 4.76. The molecule has 0 atom stereocenters. The first-order chi connectivity index (χ1) is 15.2. The quantitative estimate of drug-likeness (QED) is 0.546. The fraction of sp³-hybridized carbons (Fsp3) is 0.391. The molecule has 1 fully saturated rings. The van der Waals surface area contributed by atoms with Gasteiger partial charge in [0.15, 0.2) is 0 Å². The highest BCUT2D eigenvalue weighted by atomic mass is 16.5. The highest BCUT2D eigenvalue weighted by molar-refractivity contribution is 5.53. The number of hydrogen-bond acceptors (Lipinski definition) is 8. The Morgan fingerprint density at radius 2 is 1.42 bits per heavy atom.